The average molecular weight is 301 g/mol. The number of rotatable bonds is 5. The van der Waals surface area contributed by atoms with Crippen LogP contribution in [-0.4, -0.2) is 31.3 Å². The number of halogens is 1. The van der Waals surface area contributed by atoms with Gasteiger partial charge in [-0.2, -0.15) is 0 Å². The topological polar surface area (TPSA) is 73.6 Å². The molecule has 2 rings (SSSR count). The second-order valence-electron chi connectivity index (χ2n) is 4.69. The third-order valence-electron chi connectivity index (χ3n) is 3.14. The molecule has 0 saturated carbocycles. The minimum Gasteiger partial charge on any atom is -0.397 e. The van der Waals surface area contributed by atoms with Gasteiger partial charge < -0.3 is 20.5 Å². The number of nitrogen functional groups attached to an aromatic ring is 1. The lowest BCUT2D eigenvalue weighted by molar-refractivity contribution is -0.128. The van der Waals surface area contributed by atoms with Gasteiger partial charge in [0.05, 0.1) is 24.1 Å². The maximum Gasteiger partial charge on any atom is 0.253 e. The van der Waals surface area contributed by atoms with Gasteiger partial charge in [0.25, 0.3) is 5.91 Å². The first kappa shape index (κ1) is 16.8. The quantitative estimate of drug-likeness (QED) is 0.818. The number of carbonyl (C=O) groups is 1. The van der Waals surface area contributed by atoms with Crippen LogP contribution in [0.1, 0.15) is 19.8 Å². The minimum atomic E-state index is -0.524. The molecule has 1 aliphatic heterocycles. The molecule has 1 amide bonds. The van der Waals surface area contributed by atoms with Gasteiger partial charge in [0.2, 0.25) is 0 Å². The maximum atomic E-state index is 11.9. The molecule has 2 atom stereocenters. The van der Waals surface area contributed by atoms with Crippen LogP contribution >= 0.6 is 12.4 Å². The molecule has 1 saturated heterocycles. The summed E-state index contributed by atoms with van der Waals surface area (Å²) in [4.78, 5) is 11.9. The Kier molecular flexibility index (Phi) is 6.78. The summed E-state index contributed by atoms with van der Waals surface area (Å²) in [5.74, 6) is -0.198. The molecule has 112 valence electrons. The molecule has 1 fully saturated rings. The molecule has 0 aromatic heterocycles. The highest BCUT2D eigenvalue weighted by Gasteiger charge is 2.20. The van der Waals surface area contributed by atoms with E-state index in [2.05, 4.69) is 5.32 Å². The Morgan fingerprint density at radius 1 is 1.55 bits per heavy atom. The number of ether oxygens (including phenoxy) is 2. The van der Waals surface area contributed by atoms with Crippen molar-refractivity contribution in [1.82, 2.24) is 0 Å². The molecule has 0 radical (unpaired) electrons. The minimum absolute atomic E-state index is 0. The highest BCUT2D eigenvalue weighted by atomic mass is 35.5. The molecule has 2 unspecified atom stereocenters. The fourth-order valence-electron chi connectivity index (χ4n) is 1.95. The van der Waals surface area contributed by atoms with Gasteiger partial charge in [-0.05, 0) is 31.9 Å². The Bertz CT molecular complexity index is 436. The molecule has 1 heterocycles. The van der Waals surface area contributed by atoms with Gasteiger partial charge in [-0.25, -0.2) is 0 Å². The molecule has 1 aromatic carbocycles. The number of hydrogen-bond acceptors (Lipinski definition) is 4. The molecule has 20 heavy (non-hydrogen) atoms. The average Bonchev–Trinajstić information content (AvgIpc) is 2.91. The first-order valence-electron chi connectivity index (χ1n) is 6.55. The Labute approximate surface area is 125 Å². The molecule has 0 spiro atoms. The van der Waals surface area contributed by atoms with Gasteiger partial charge in [0, 0.05) is 6.61 Å². The molecule has 6 heteroatoms. The van der Waals surface area contributed by atoms with Crippen molar-refractivity contribution in [3.63, 3.8) is 0 Å². The summed E-state index contributed by atoms with van der Waals surface area (Å²) in [6.07, 6.45) is 1.66. The summed E-state index contributed by atoms with van der Waals surface area (Å²) in [6.45, 7) is 2.97. The van der Waals surface area contributed by atoms with Gasteiger partial charge in [-0.1, -0.05) is 12.1 Å². The van der Waals surface area contributed by atoms with E-state index in [4.69, 9.17) is 15.2 Å². The fraction of sp³-hybridized carbons (Fsp3) is 0.500. The molecule has 5 nitrogen and oxygen atoms in total. The smallest absolute Gasteiger partial charge is 0.253 e. The lowest BCUT2D eigenvalue weighted by Gasteiger charge is -2.16. The summed E-state index contributed by atoms with van der Waals surface area (Å²) < 4.78 is 11.0. The molecule has 1 aliphatic rings. The van der Waals surface area contributed by atoms with Crippen LogP contribution < -0.4 is 11.1 Å². The zero-order valence-corrected chi connectivity index (χ0v) is 12.3. The predicted octanol–water partition coefficient (Wildman–Crippen LogP) is 2.21. The van der Waals surface area contributed by atoms with Crippen LogP contribution in [0.25, 0.3) is 0 Å². The third kappa shape index (κ3) is 4.67. The van der Waals surface area contributed by atoms with Crippen molar-refractivity contribution in [2.45, 2.75) is 32.0 Å². The van der Waals surface area contributed by atoms with Crippen molar-refractivity contribution < 1.29 is 14.3 Å². The number of benzene rings is 1. The normalized spacial score (nSPS) is 19.1. The summed E-state index contributed by atoms with van der Waals surface area (Å²) >= 11 is 0. The van der Waals surface area contributed by atoms with E-state index in [1.54, 1.807) is 19.1 Å². The Hall–Kier alpha value is -1.30. The number of amides is 1. The summed E-state index contributed by atoms with van der Waals surface area (Å²) in [7, 11) is 0. The molecule has 3 N–H and O–H groups in total. The van der Waals surface area contributed by atoms with E-state index < -0.39 is 6.10 Å². The van der Waals surface area contributed by atoms with E-state index in [1.807, 2.05) is 12.1 Å². The zero-order chi connectivity index (χ0) is 13.7. The van der Waals surface area contributed by atoms with E-state index in [0.29, 0.717) is 18.0 Å². The third-order valence-corrected chi connectivity index (χ3v) is 3.14. The Morgan fingerprint density at radius 3 is 2.95 bits per heavy atom. The molecule has 0 bridgehead atoms. The highest BCUT2D eigenvalue weighted by molar-refractivity contribution is 5.96. The lowest BCUT2D eigenvalue weighted by Crippen LogP contribution is -2.30. The van der Waals surface area contributed by atoms with Crippen molar-refractivity contribution >= 4 is 29.7 Å². The second-order valence-corrected chi connectivity index (χ2v) is 4.69. The van der Waals surface area contributed by atoms with Gasteiger partial charge in [0.15, 0.2) is 0 Å². The fourth-order valence-corrected chi connectivity index (χ4v) is 1.95. The lowest BCUT2D eigenvalue weighted by atomic mass is 10.2. The van der Waals surface area contributed by atoms with Gasteiger partial charge >= 0.3 is 0 Å². The highest BCUT2D eigenvalue weighted by Crippen LogP contribution is 2.17. The van der Waals surface area contributed by atoms with Crippen LogP contribution in [0.4, 0.5) is 11.4 Å². The Morgan fingerprint density at radius 2 is 2.30 bits per heavy atom. The van der Waals surface area contributed by atoms with Crippen LogP contribution in [0.2, 0.25) is 0 Å². The van der Waals surface area contributed by atoms with E-state index in [1.165, 1.54) is 0 Å². The molecular formula is C14H21ClN2O3. The van der Waals surface area contributed by atoms with Crippen LogP contribution in [0.15, 0.2) is 24.3 Å². The number of hydrogen-bond donors (Lipinski definition) is 2. The maximum absolute atomic E-state index is 11.9. The van der Waals surface area contributed by atoms with Crippen molar-refractivity contribution in [2.75, 3.05) is 24.3 Å². The first-order chi connectivity index (χ1) is 9.16. The summed E-state index contributed by atoms with van der Waals surface area (Å²) in [5.41, 5.74) is 6.92. The zero-order valence-electron chi connectivity index (χ0n) is 11.5. The van der Waals surface area contributed by atoms with Crippen LogP contribution in [0.3, 0.4) is 0 Å². The summed E-state index contributed by atoms with van der Waals surface area (Å²) in [6, 6.07) is 7.15. The number of nitrogens with two attached hydrogens (primary N) is 1. The Balaban J connectivity index is 0.00000200. The number of carbonyl (C=O) groups excluding carboxylic acids is 1. The monoisotopic (exact) mass is 300 g/mol. The van der Waals surface area contributed by atoms with Crippen LogP contribution in [0, 0.1) is 0 Å². The van der Waals surface area contributed by atoms with Crippen molar-refractivity contribution in [3.05, 3.63) is 24.3 Å². The summed E-state index contributed by atoms with van der Waals surface area (Å²) in [5, 5.41) is 2.76. The van der Waals surface area contributed by atoms with Gasteiger partial charge in [-0.15, -0.1) is 12.4 Å². The first-order valence-corrected chi connectivity index (χ1v) is 6.55. The number of anilines is 2. The van der Waals surface area contributed by atoms with Crippen molar-refractivity contribution in [1.29, 1.82) is 0 Å². The number of para-hydroxylation sites is 2. The second kappa shape index (κ2) is 8.09. The van der Waals surface area contributed by atoms with E-state index in [-0.39, 0.29) is 24.4 Å². The standard InChI is InChI=1S/C14H20N2O3.ClH/c1-10(19-9-11-5-4-8-18-11)14(17)16-13-7-3-2-6-12(13)15;/h2-3,6-7,10-11H,4-5,8-9,15H2,1H3,(H,16,17);1H. The molecule has 0 aliphatic carbocycles. The molecular weight excluding hydrogens is 280 g/mol. The van der Waals surface area contributed by atoms with E-state index in [9.17, 15) is 4.79 Å². The van der Waals surface area contributed by atoms with Crippen molar-refractivity contribution in [2.24, 2.45) is 0 Å². The van der Waals surface area contributed by atoms with E-state index in [0.717, 1.165) is 19.4 Å². The number of nitrogens with one attached hydrogen (secondary N) is 1. The largest absolute Gasteiger partial charge is 0.397 e. The van der Waals surface area contributed by atoms with Gasteiger partial charge in [-0.3, -0.25) is 4.79 Å². The van der Waals surface area contributed by atoms with Crippen molar-refractivity contribution in [3.8, 4) is 0 Å². The van der Waals surface area contributed by atoms with E-state index >= 15 is 0 Å². The van der Waals surface area contributed by atoms with Gasteiger partial charge in [0.1, 0.15) is 6.10 Å². The van der Waals surface area contributed by atoms with Crippen LogP contribution in [-0.2, 0) is 14.3 Å². The molecule has 1 aromatic rings. The SMILES string of the molecule is CC(OCC1CCCO1)C(=O)Nc1ccccc1N.Cl. The van der Waals surface area contributed by atoms with Crippen LogP contribution in [0.5, 0.6) is 0 Å². The predicted molar refractivity (Wildman–Crippen MR) is 81.1 cm³/mol.